The van der Waals surface area contributed by atoms with E-state index in [4.69, 9.17) is 19.7 Å². The van der Waals surface area contributed by atoms with Crippen molar-refractivity contribution in [2.24, 2.45) is 5.92 Å². The second-order valence-corrected chi connectivity index (χ2v) is 11.4. The number of halogens is 1. The lowest BCUT2D eigenvalue weighted by Gasteiger charge is -2.32. The van der Waals surface area contributed by atoms with Crippen molar-refractivity contribution in [1.82, 2.24) is 24.4 Å². The fourth-order valence-corrected chi connectivity index (χ4v) is 6.31. The number of aromatic nitrogens is 4. The topological polar surface area (TPSA) is 126 Å². The summed E-state index contributed by atoms with van der Waals surface area (Å²) >= 11 is 0. The summed E-state index contributed by atoms with van der Waals surface area (Å²) < 4.78 is 27.9. The Hall–Kier alpha value is -4.40. The number of carboxylic acids is 1. The Morgan fingerprint density at radius 2 is 2.12 bits per heavy atom. The number of rotatable bonds is 9. The van der Waals surface area contributed by atoms with Crippen molar-refractivity contribution in [1.29, 1.82) is 5.26 Å². The van der Waals surface area contributed by atoms with Crippen LogP contribution in [0.5, 0.6) is 5.88 Å². The largest absolute Gasteiger partial charge is 0.478 e. The van der Waals surface area contributed by atoms with Gasteiger partial charge >= 0.3 is 5.97 Å². The summed E-state index contributed by atoms with van der Waals surface area (Å²) in [6, 6.07) is 13.2. The molecule has 42 heavy (non-hydrogen) atoms. The first-order valence-electron chi connectivity index (χ1n) is 14.1. The molecule has 10 nitrogen and oxygen atoms in total. The molecule has 0 spiro atoms. The van der Waals surface area contributed by atoms with Crippen molar-refractivity contribution in [3.05, 3.63) is 82.8 Å². The molecule has 11 heteroatoms. The van der Waals surface area contributed by atoms with Gasteiger partial charge in [-0.25, -0.2) is 24.1 Å². The van der Waals surface area contributed by atoms with E-state index < -0.39 is 11.8 Å². The molecule has 2 aromatic carbocycles. The molecule has 0 amide bonds. The molecule has 4 aromatic rings. The summed E-state index contributed by atoms with van der Waals surface area (Å²) in [6.45, 7) is 3.87. The fraction of sp³-hybridized carbons (Fsp3) is 0.387. The molecule has 3 fully saturated rings. The number of nitriles is 1. The second-order valence-electron chi connectivity index (χ2n) is 11.4. The van der Waals surface area contributed by atoms with Crippen LogP contribution in [0.1, 0.15) is 52.3 Å². The zero-order valence-corrected chi connectivity index (χ0v) is 22.9. The van der Waals surface area contributed by atoms with Gasteiger partial charge in [0.1, 0.15) is 24.6 Å². The Balaban J connectivity index is 1.04. The van der Waals surface area contributed by atoms with E-state index in [1.165, 1.54) is 12.4 Å². The van der Waals surface area contributed by atoms with Gasteiger partial charge in [0.25, 0.3) is 0 Å². The molecule has 2 unspecified atom stereocenters. The standard InChI is InChI=1S/C31H29FN6O4/c32-24-9-19(13-33)1-2-21(24)17-42-29-11-27(34-18-35-29)31-6-7-37(14-22(31)12-31)16-28-36-25-4-3-20(30(39)40)10-26(25)38(28)15-23-5-8-41-23/h1-4,9-11,18,22-23H,5-8,12,14-17H2,(H,39,40)/t22?,23-,31?/m0/s1. The molecule has 214 valence electrons. The Morgan fingerprint density at radius 3 is 2.86 bits per heavy atom. The number of carboxylic acid groups (broad SMARTS) is 1. The molecule has 3 atom stereocenters. The van der Waals surface area contributed by atoms with Crippen molar-refractivity contribution < 1.29 is 23.8 Å². The third-order valence-electron chi connectivity index (χ3n) is 8.91. The third kappa shape index (κ3) is 4.86. The number of ether oxygens (including phenoxy) is 2. The average Bonchev–Trinajstić information content (AvgIpc) is 3.62. The Kier molecular flexibility index (Phi) is 6.60. The molecular formula is C31H29FN6O4. The quantitative estimate of drug-likeness (QED) is 0.318. The van der Waals surface area contributed by atoms with Gasteiger partial charge in [-0.3, -0.25) is 4.90 Å². The van der Waals surface area contributed by atoms with Gasteiger partial charge in [-0.15, -0.1) is 0 Å². The minimum Gasteiger partial charge on any atom is -0.478 e. The SMILES string of the molecule is N#Cc1ccc(COc2cc(C34CCN(Cc5nc6ccc(C(=O)O)cc6n5C[C@@H]5CCO5)CC3C4)ncn2)c(F)c1. The van der Waals surface area contributed by atoms with E-state index in [0.29, 0.717) is 30.5 Å². The van der Waals surface area contributed by atoms with Gasteiger partial charge in [0.2, 0.25) is 5.88 Å². The van der Waals surface area contributed by atoms with Gasteiger partial charge in [0, 0.05) is 30.2 Å². The fourth-order valence-electron chi connectivity index (χ4n) is 6.31. The van der Waals surface area contributed by atoms with Crippen LogP contribution < -0.4 is 4.74 Å². The summed E-state index contributed by atoms with van der Waals surface area (Å²) in [6.07, 6.45) is 4.58. The third-order valence-corrected chi connectivity index (χ3v) is 8.91. The molecule has 4 heterocycles. The molecule has 1 saturated carbocycles. The predicted octanol–water partition coefficient (Wildman–Crippen LogP) is 4.07. The van der Waals surface area contributed by atoms with Crippen LogP contribution in [0.4, 0.5) is 4.39 Å². The highest BCUT2D eigenvalue weighted by molar-refractivity contribution is 5.92. The van der Waals surface area contributed by atoms with Gasteiger partial charge in [-0.05, 0) is 62.1 Å². The van der Waals surface area contributed by atoms with Gasteiger partial charge < -0.3 is 19.1 Å². The minimum absolute atomic E-state index is 0.0130. The van der Waals surface area contributed by atoms with Crippen molar-refractivity contribution in [2.45, 2.75) is 50.5 Å². The lowest BCUT2D eigenvalue weighted by molar-refractivity contribution is -0.0592. The van der Waals surface area contributed by atoms with E-state index in [2.05, 4.69) is 19.4 Å². The molecule has 2 aromatic heterocycles. The number of nitrogens with zero attached hydrogens (tertiary/aromatic N) is 6. The summed E-state index contributed by atoms with van der Waals surface area (Å²) in [5.74, 6) is 0.332. The molecule has 7 rings (SSSR count). The second kappa shape index (κ2) is 10.5. The van der Waals surface area contributed by atoms with Crippen molar-refractivity contribution >= 4 is 17.0 Å². The summed E-state index contributed by atoms with van der Waals surface area (Å²) in [5.41, 5.74) is 3.43. The lowest BCUT2D eigenvalue weighted by Crippen LogP contribution is -2.37. The molecule has 2 saturated heterocycles. The van der Waals surface area contributed by atoms with Crippen molar-refractivity contribution in [2.75, 3.05) is 19.7 Å². The predicted molar refractivity (Wildman–Crippen MR) is 148 cm³/mol. The van der Waals surface area contributed by atoms with E-state index in [0.717, 1.165) is 61.5 Å². The number of imidazole rings is 1. The van der Waals surface area contributed by atoms with Crippen molar-refractivity contribution in [3.8, 4) is 11.9 Å². The van der Waals surface area contributed by atoms with Crippen LogP contribution in [0, 0.1) is 23.1 Å². The van der Waals surface area contributed by atoms with Crippen LogP contribution in [-0.2, 0) is 29.8 Å². The Morgan fingerprint density at radius 1 is 1.24 bits per heavy atom. The summed E-state index contributed by atoms with van der Waals surface area (Å²) in [7, 11) is 0. The average molecular weight is 569 g/mol. The molecule has 1 N–H and O–H groups in total. The highest BCUT2D eigenvalue weighted by Gasteiger charge is 2.58. The molecule has 0 radical (unpaired) electrons. The van der Waals surface area contributed by atoms with E-state index in [1.807, 2.05) is 12.1 Å². The first kappa shape index (κ1) is 26.5. The van der Waals surface area contributed by atoms with E-state index in [-0.39, 0.29) is 29.3 Å². The molecule has 0 bridgehead atoms. The van der Waals surface area contributed by atoms with Crippen LogP contribution in [0.15, 0.2) is 48.8 Å². The lowest BCUT2D eigenvalue weighted by atomic mass is 9.91. The summed E-state index contributed by atoms with van der Waals surface area (Å²) in [5, 5.41) is 18.5. The Labute approximate surface area is 241 Å². The Bertz CT molecular complexity index is 1730. The van der Waals surface area contributed by atoms with Crippen molar-refractivity contribution in [3.63, 3.8) is 0 Å². The van der Waals surface area contributed by atoms with E-state index in [1.54, 1.807) is 30.3 Å². The monoisotopic (exact) mass is 568 g/mol. The number of hydrogen-bond acceptors (Lipinski definition) is 8. The minimum atomic E-state index is -0.952. The number of carbonyl (C=O) groups is 1. The number of piperidine rings is 1. The normalized spacial score (nSPS) is 23.1. The smallest absolute Gasteiger partial charge is 0.335 e. The maximum absolute atomic E-state index is 14.3. The van der Waals surface area contributed by atoms with Gasteiger partial charge in [0.15, 0.2) is 0 Å². The molecule has 2 aliphatic heterocycles. The first-order chi connectivity index (χ1) is 20.4. The number of fused-ring (bicyclic) bond motifs is 2. The summed E-state index contributed by atoms with van der Waals surface area (Å²) in [4.78, 5) is 27.8. The maximum atomic E-state index is 14.3. The van der Waals surface area contributed by atoms with Crippen LogP contribution in [-0.4, -0.2) is 61.3 Å². The number of aromatic carboxylic acids is 1. The van der Waals surface area contributed by atoms with Gasteiger partial charge in [-0.2, -0.15) is 5.26 Å². The highest BCUT2D eigenvalue weighted by Crippen LogP contribution is 2.59. The first-order valence-corrected chi connectivity index (χ1v) is 14.1. The number of benzene rings is 2. The van der Waals surface area contributed by atoms with Crippen LogP contribution >= 0.6 is 0 Å². The number of hydrogen-bond donors (Lipinski definition) is 1. The molecule has 1 aliphatic carbocycles. The van der Waals surface area contributed by atoms with Crippen LogP contribution in [0.25, 0.3) is 11.0 Å². The molecule has 3 aliphatic rings. The van der Waals surface area contributed by atoms with E-state index in [9.17, 15) is 14.3 Å². The maximum Gasteiger partial charge on any atom is 0.335 e. The van der Waals surface area contributed by atoms with Gasteiger partial charge in [-0.1, -0.05) is 6.07 Å². The highest BCUT2D eigenvalue weighted by atomic mass is 19.1. The number of likely N-dealkylation sites (tertiary alicyclic amines) is 1. The molecular weight excluding hydrogens is 539 g/mol. The van der Waals surface area contributed by atoms with Crippen LogP contribution in [0.3, 0.4) is 0 Å². The van der Waals surface area contributed by atoms with Gasteiger partial charge in [0.05, 0.1) is 53.1 Å². The zero-order valence-electron chi connectivity index (χ0n) is 22.9. The van der Waals surface area contributed by atoms with Crippen LogP contribution in [0.2, 0.25) is 0 Å². The zero-order chi connectivity index (χ0) is 28.8. The van der Waals surface area contributed by atoms with E-state index >= 15 is 0 Å².